The quantitative estimate of drug-likeness (QED) is 0.737. The summed E-state index contributed by atoms with van der Waals surface area (Å²) in [6.45, 7) is 5.37. The highest BCUT2D eigenvalue weighted by Crippen LogP contribution is 2.08. The Balaban J connectivity index is 1.80. The van der Waals surface area contributed by atoms with Gasteiger partial charge in [-0.05, 0) is 26.9 Å². The van der Waals surface area contributed by atoms with Crippen molar-refractivity contribution in [3.05, 3.63) is 17.5 Å². The number of aryl methyl sites for hydroxylation is 1. The Bertz CT molecular complexity index is 294. The molecule has 14 heavy (non-hydrogen) atoms. The smallest absolute Gasteiger partial charge is 0.0535 e. The molecule has 0 spiro atoms. The van der Waals surface area contributed by atoms with E-state index >= 15 is 0 Å². The summed E-state index contributed by atoms with van der Waals surface area (Å²) in [4.78, 5) is 2.36. The maximum atomic E-state index is 4.01. The second kappa shape index (κ2) is 4.11. The van der Waals surface area contributed by atoms with E-state index in [1.807, 2.05) is 6.20 Å². The van der Waals surface area contributed by atoms with Gasteiger partial charge >= 0.3 is 0 Å². The molecule has 1 aromatic rings. The molecule has 2 heterocycles. The maximum absolute atomic E-state index is 4.01. The molecule has 1 aliphatic heterocycles. The summed E-state index contributed by atoms with van der Waals surface area (Å²) in [6, 6.07) is 0.648. The SMILES string of the molecule is Cc1[nH]ncc1CN[C@@H]1CCN(C)C1. The summed E-state index contributed by atoms with van der Waals surface area (Å²) in [5.41, 5.74) is 2.45. The molecular formula is C10H18N4. The molecule has 1 saturated heterocycles. The van der Waals surface area contributed by atoms with Crippen LogP contribution >= 0.6 is 0 Å². The van der Waals surface area contributed by atoms with E-state index in [1.54, 1.807) is 0 Å². The first-order valence-corrected chi connectivity index (χ1v) is 5.16. The summed E-state index contributed by atoms with van der Waals surface area (Å²) in [5.74, 6) is 0. The number of hydrogen-bond donors (Lipinski definition) is 2. The van der Waals surface area contributed by atoms with Crippen molar-refractivity contribution in [2.24, 2.45) is 0 Å². The maximum Gasteiger partial charge on any atom is 0.0535 e. The van der Waals surface area contributed by atoms with Crippen molar-refractivity contribution in [3.8, 4) is 0 Å². The first-order chi connectivity index (χ1) is 6.75. The van der Waals surface area contributed by atoms with E-state index < -0.39 is 0 Å². The number of likely N-dealkylation sites (N-methyl/N-ethyl adjacent to an activating group) is 1. The highest BCUT2D eigenvalue weighted by molar-refractivity contribution is 5.13. The first-order valence-electron chi connectivity index (χ1n) is 5.16. The molecular weight excluding hydrogens is 176 g/mol. The van der Waals surface area contributed by atoms with Gasteiger partial charge in [0, 0.05) is 30.4 Å². The molecule has 2 N–H and O–H groups in total. The lowest BCUT2D eigenvalue weighted by Gasteiger charge is -2.12. The van der Waals surface area contributed by atoms with Crippen molar-refractivity contribution in [1.82, 2.24) is 20.4 Å². The van der Waals surface area contributed by atoms with Gasteiger partial charge in [0.25, 0.3) is 0 Å². The summed E-state index contributed by atoms with van der Waals surface area (Å²) in [7, 11) is 2.17. The highest BCUT2D eigenvalue weighted by atomic mass is 15.2. The normalized spacial score (nSPS) is 23.1. The fraction of sp³-hybridized carbons (Fsp3) is 0.700. The van der Waals surface area contributed by atoms with Crippen LogP contribution in [-0.4, -0.2) is 41.3 Å². The summed E-state index contributed by atoms with van der Waals surface area (Å²) < 4.78 is 0. The van der Waals surface area contributed by atoms with E-state index in [9.17, 15) is 0 Å². The van der Waals surface area contributed by atoms with Gasteiger partial charge in [-0.3, -0.25) is 5.10 Å². The van der Waals surface area contributed by atoms with Gasteiger partial charge in [0.2, 0.25) is 0 Å². The number of aromatic amines is 1. The molecule has 1 aliphatic rings. The van der Waals surface area contributed by atoms with Gasteiger partial charge < -0.3 is 10.2 Å². The Labute approximate surface area is 84.7 Å². The molecule has 0 bridgehead atoms. The Hall–Kier alpha value is -0.870. The lowest BCUT2D eigenvalue weighted by atomic mass is 10.2. The zero-order chi connectivity index (χ0) is 9.97. The van der Waals surface area contributed by atoms with Crippen LogP contribution in [0.4, 0.5) is 0 Å². The minimum atomic E-state index is 0.648. The van der Waals surface area contributed by atoms with Gasteiger partial charge in [0.15, 0.2) is 0 Å². The van der Waals surface area contributed by atoms with Crippen LogP contribution in [0.1, 0.15) is 17.7 Å². The Morgan fingerprint density at radius 2 is 2.57 bits per heavy atom. The van der Waals surface area contributed by atoms with Gasteiger partial charge in [-0.25, -0.2) is 0 Å². The van der Waals surface area contributed by atoms with Crippen molar-refractivity contribution in [1.29, 1.82) is 0 Å². The average molecular weight is 194 g/mol. The minimum Gasteiger partial charge on any atom is -0.308 e. The third-order valence-corrected chi connectivity index (χ3v) is 2.91. The van der Waals surface area contributed by atoms with E-state index in [0.29, 0.717) is 6.04 Å². The second-order valence-electron chi connectivity index (χ2n) is 4.15. The lowest BCUT2D eigenvalue weighted by molar-refractivity contribution is 0.397. The highest BCUT2D eigenvalue weighted by Gasteiger charge is 2.18. The fourth-order valence-corrected chi connectivity index (χ4v) is 1.91. The third-order valence-electron chi connectivity index (χ3n) is 2.91. The third kappa shape index (κ3) is 2.13. The number of nitrogens with one attached hydrogen (secondary N) is 2. The topological polar surface area (TPSA) is 44.0 Å². The van der Waals surface area contributed by atoms with Gasteiger partial charge in [-0.15, -0.1) is 0 Å². The van der Waals surface area contributed by atoms with Gasteiger partial charge in [0.1, 0.15) is 0 Å². The Morgan fingerprint density at radius 3 is 3.14 bits per heavy atom. The predicted octanol–water partition coefficient (Wildman–Crippen LogP) is 0.512. The number of aromatic nitrogens is 2. The molecule has 0 aliphatic carbocycles. The average Bonchev–Trinajstić information content (AvgIpc) is 2.72. The number of hydrogen-bond acceptors (Lipinski definition) is 3. The fourth-order valence-electron chi connectivity index (χ4n) is 1.91. The van der Waals surface area contributed by atoms with Crippen LogP contribution in [0, 0.1) is 6.92 Å². The van der Waals surface area contributed by atoms with E-state index in [-0.39, 0.29) is 0 Å². The van der Waals surface area contributed by atoms with Gasteiger partial charge in [-0.2, -0.15) is 5.10 Å². The van der Waals surface area contributed by atoms with Crippen LogP contribution in [0.2, 0.25) is 0 Å². The van der Waals surface area contributed by atoms with Crippen molar-refractivity contribution < 1.29 is 0 Å². The lowest BCUT2D eigenvalue weighted by Crippen LogP contribution is -2.31. The van der Waals surface area contributed by atoms with Crippen molar-refractivity contribution in [2.75, 3.05) is 20.1 Å². The van der Waals surface area contributed by atoms with E-state index in [2.05, 4.69) is 34.4 Å². The minimum absolute atomic E-state index is 0.648. The molecule has 1 atom stereocenters. The van der Waals surface area contributed by atoms with Crippen LogP contribution in [0.15, 0.2) is 6.20 Å². The van der Waals surface area contributed by atoms with E-state index in [4.69, 9.17) is 0 Å². The van der Waals surface area contributed by atoms with Crippen molar-refractivity contribution in [3.63, 3.8) is 0 Å². The standard InChI is InChI=1S/C10H18N4/c1-8-9(6-12-13-8)5-11-10-3-4-14(2)7-10/h6,10-11H,3-5,7H2,1-2H3,(H,12,13)/t10-/m1/s1. The molecule has 0 saturated carbocycles. The number of likely N-dealkylation sites (tertiary alicyclic amines) is 1. The summed E-state index contributed by atoms with van der Waals surface area (Å²) in [6.07, 6.45) is 3.16. The molecule has 0 aromatic carbocycles. The molecule has 0 radical (unpaired) electrons. The molecule has 0 unspecified atom stereocenters. The summed E-state index contributed by atoms with van der Waals surface area (Å²) in [5, 5.41) is 10.5. The molecule has 1 aromatic heterocycles. The molecule has 78 valence electrons. The second-order valence-corrected chi connectivity index (χ2v) is 4.15. The van der Waals surface area contributed by atoms with Crippen LogP contribution in [0.3, 0.4) is 0 Å². The zero-order valence-electron chi connectivity index (χ0n) is 8.88. The van der Waals surface area contributed by atoms with E-state index in [1.165, 1.54) is 24.2 Å². The summed E-state index contributed by atoms with van der Waals surface area (Å²) >= 11 is 0. The van der Waals surface area contributed by atoms with Gasteiger partial charge in [0.05, 0.1) is 6.20 Å². The van der Waals surface area contributed by atoms with Crippen LogP contribution in [0.25, 0.3) is 0 Å². The van der Waals surface area contributed by atoms with Crippen molar-refractivity contribution >= 4 is 0 Å². The van der Waals surface area contributed by atoms with Gasteiger partial charge in [-0.1, -0.05) is 0 Å². The monoisotopic (exact) mass is 194 g/mol. The van der Waals surface area contributed by atoms with Crippen LogP contribution in [0.5, 0.6) is 0 Å². The largest absolute Gasteiger partial charge is 0.308 e. The Morgan fingerprint density at radius 1 is 1.71 bits per heavy atom. The number of H-pyrrole nitrogens is 1. The van der Waals surface area contributed by atoms with E-state index in [0.717, 1.165) is 13.1 Å². The molecule has 1 fully saturated rings. The molecule has 0 amide bonds. The Kier molecular flexibility index (Phi) is 2.84. The van der Waals surface area contributed by atoms with Crippen LogP contribution in [-0.2, 0) is 6.54 Å². The zero-order valence-corrected chi connectivity index (χ0v) is 8.88. The predicted molar refractivity (Wildman–Crippen MR) is 56.1 cm³/mol. The van der Waals surface area contributed by atoms with Crippen molar-refractivity contribution in [2.45, 2.75) is 25.9 Å². The molecule has 4 nitrogen and oxygen atoms in total. The van der Waals surface area contributed by atoms with Crippen LogP contribution < -0.4 is 5.32 Å². The molecule has 4 heteroatoms. The molecule has 2 rings (SSSR count). The first kappa shape index (κ1) is 9.68. The number of rotatable bonds is 3. The number of nitrogens with zero attached hydrogens (tertiary/aromatic N) is 2.